The second-order valence-electron chi connectivity index (χ2n) is 3.59. The van der Waals surface area contributed by atoms with Crippen LogP contribution in [0.1, 0.15) is 22.0 Å². The van der Waals surface area contributed by atoms with Crippen LogP contribution in [-0.4, -0.2) is 10.9 Å². The Hall–Kier alpha value is -2.17. The molecule has 0 radical (unpaired) electrons. The first kappa shape index (κ1) is 11.3. The van der Waals surface area contributed by atoms with Crippen molar-refractivity contribution in [3.8, 4) is 0 Å². The number of benzene rings is 1. The highest BCUT2D eigenvalue weighted by atomic mass is 19.1. The SMILES string of the molecule is Cc1cnc(C(=O)NCc2cccc(F)c2)o1. The third-order valence-corrected chi connectivity index (χ3v) is 2.16. The van der Waals surface area contributed by atoms with Crippen molar-refractivity contribution in [2.24, 2.45) is 0 Å². The average molecular weight is 234 g/mol. The number of nitrogens with zero attached hydrogens (tertiary/aromatic N) is 1. The van der Waals surface area contributed by atoms with Crippen LogP contribution in [0, 0.1) is 12.7 Å². The maximum atomic E-state index is 12.9. The third-order valence-electron chi connectivity index (χ3n) is 2.16. The zero-order valence-electron chi connectivity index (χ0n) is 9.24. The van der Waals surface area contributed by atoms with Crippen molar-refractivity contribution in [1.82, 2.24) is 10.3 Å². The molecule has 1 N–H and O–H groups in total. The molecule has 0 saturated carbocycles. The molecule has 88 valence electrons. The molecule has 1 aromatic heterocycles. The van der Waals surface area contributed by atoms with Gasteiger partial charge in [-0.25, -0.2) is 9.37 Å². The molecule has 4 nitrogen and oxygen atoms in total. The van der Waals surface area contributed by atoms with Gasteiger partial charge in [-0.1, -0.05) is 12.1 Å². The van der Waals surface area contributed by atoms with Crippen molar-refractivity contribution in [2.75, 3.05) is 0 Å². The number of carbonyl (C=O) groups excluding carboxylic acids is 1. The van der Waals surface area contributed by atoms with Gasteiger partial charge < -0.3 is 9.73 Å². The number of hydrogen-bond acceptors (Lipinski definition) is 3. The van der Waals surface area contributed by atoms with Crippen molar-refractivity contribution in [3.63, 3.8) is 0 Å². The van der Waals surface area contributed by atoms with Crippen LogP contribution in [0.4, 0.5) is 4.39 Å². The number of oxazole rings is 1. The highest BCUT2D eigenvalue weighted by Crippen LogP contribution is 2.04. The van der Waals surface area contributed by atoms with E-state index in [1.165, 1.54) is 18.3 Å². The number of rotatable bonds is 3. The zero-order chi connectivity index (χ0) is 12.3. The largest absolute Gasteiger partial charge is 0.438 e. The van der Waals surface area contributed by atoms with Gasteiger partial charge in [0.05, 0.1) is 6.20 Å². The summed E-state index contributed by atoms with van der Waals surface area (Å²) in [6.45, 7) is 1.94. The van der Waals surface area contributed by atoms with Crippen LogP contribution in [0.3, 0.4) is 0 Å². The number of hydrogen-bond donors (Lipinski definition) is 1. The molecule has 2 aromatic rings. The lowest BCUT2D eigenvalue weighted by Crippen LogP contribution is -2.23. The predicted octanol–water partition coefficient (Wildman–Crippen LogP) is 2.05. The molecule has 2 rings (SSSR count). The molecule has 1 aromatic carbocycles. The minimum atomic E-state index is -0.414. The summed E-state index contributed by atoms with van der Waals surface area (Å²) in [5.74, 6) is -0.161. The van der Waals surface area contributed by atoms with E-state index in [-0.39, 0.29) is 18.3 Å². The fourth-order valence-corrected chi connectivity index (χ4v) is 1.36. The molecule has 1 amide bonds. The van der Waals surface area contributed by atoms with Gasteiger partial charge in [-0.2, -0.15) is 0 Å². The maximum Gasteiger partial charge on any atom is 0.307 e. The molecular formula is C12H11FN2O2. The molecule has 0 atom stereocenters. The Bertz CT molecular complexity index is 537. The summed E-state index contributed by atoms with van der Waals surface area (Å²) in [6.07, 6.45) is 1.47. The molecular weight excluding hydrogens is 223 g/mol. The van der Waals surface area contributed by atoms with Gasteiger partial charge in [0, 0.05) is 6.54 Å². The van der Waals surface area contributed by atoms with Crippen LogP contribution >= 0.6 is 0 Å². The summed E-state index contributed by atoms with van der Waals surface area (Å²) in [5, 5.41) is 2.59. The Labute approximate surface area is 97.5 Å². The molecule has 0 aliphatic heterocycles. The number of halogens is 1. The highest BCUT2D eigenvalue weighted by molar-refractivity contribution is 5.89. The van der Waals surface area contributed by atoms with Gasteiger partial charge in [0.25, 0.3) is 5.89 Å². The Morgan fingerprint density at radius 3 is 3.00 bits per heavy atom. The molecule has 5 heteroatoms. The third kappa shape index (κ3) is 2.90. The van der Waals surface area contributed by atoms with E-state index in [0.29, 0.717) is 11.3 Å². The quantitative estimate of drug-likeness (QED) is 0.884. The number of aromatic nitrogens is 1. The summed E-state index contributed by atoms with van der Waals surface area (Å²) in [7, 11) is 0. The molecule has 0 fully saturated rings. The van der Waals surface area contributed by atoms with Gasteiger partial charge >= 0.3 is 5.91 Å². The van der Waals surface area contributed by atoms with Crippen molar-refractivity contribution >= 4 is 5.91 Å². The molecule has 0 unspecified atom stereocenters. The fraction of sp³-hybridized carbons (Fsp3) is 0.167. The van der Waals surface area contributed by atoms with E-state index in [4.69, 9.17) is 4.42 Å². The molecule has 0 aliphatic rings. The lowest BCUT2D eigenvalue weighted by atomic mass is 10.2. The van der Waals surface area contributed by atoms with Crippen molar-refractivity contribution < 1.29 is 13.6 Å². The van der Waals surface area contributed by atoms with E-state index >= 15 is 0 Å². The molecule has 0 saturated heterocycles. The van der Waals surface area contributed by atoms with E-state index in [2.05, 4.69) is 10.3 Å². The Morgan fingerprint density at radius 2 is 2.35 bits per heavy atom. The predicted molar refractivity (Wildman–Crippen MR) is 58.8 cm³/mol. The van der Waals surface area contributed by atoms with Crippen LogP contribution in [0.25, 0.3) is 0 Å². The van der Waals surface area contributed by atoms with Crippen LogP contribution in [0.2, 0.25) is 0 Å². The smallest absolute Gasteiger partial charge is 0.307 e. The monoisotopic (exact) mass is 234 g/mol. The van der Waals surface area contributed by atoms with Crippen LogP contribution < -0.4 is 5.32 Å². The second kappa shape index (κ2) is 4.78. The van der Waals surface area contributed by atoms with E-state index < -0.39 is 5.91 Å². The van der Waals surface area contributed by atoms with E-state index in [0.717, 1.165) is 0 Å². The lowest BCUT2D eigenvalue weighted by Gasteiger charge is -2.02. The summed E-state index contributed by atoms with van der Waals surface area (Å²) in [6, 6.07) is 6.03. The van der Waals surface area contributed by atoms with Crippen LogP contribution in [0.15, 0.2) is 34.9 Å². The van der Waals surface area contributed by atoms with Crippen LogP contribution in [-0.2, 0) is 6.54 Å². The Kier molecular flexibility index (Phi) is 3.18. The van der Waals surface area contributed by atoms with Gasteiger partial charge in [-0.15, -0.1) is 0 Å². The minimum Gasteiger partial charge on any atom is -0.438 e. The highest BCUT2D eigenvalue weighted by Gasteiger charge is 2.11. The van der Waals surface area contributed by atoms with E-state index in [9.17, 15) is 9.18 Å². The molecule has 0 spiro atoms. The fourth-order valence-electron chi connectivity index (χ4n) is 1.36. The van der Waals surface area contributed by atoms with Crippen molar-refractivity contribution in [3.05, 3.63) is 53.5 Å². The zero-order valence-corrected chi connectivity index (χ0v) is 9.24. The second-order valence-corrected chi connectivity index (χ2v) is 3.59. The number of aryl methyl sites for hydroxylation is 1. The minimum absolute atomic E-state index is 0.0129. The summed E-state index contributed by atoms with van der Waals surface area (Å²) in [4.78, 5) is 15.3. The first-order valence-corrected chi connectivity index (χ1v) is 5.10. The number of carbonyl (C=O) groups is 1. The van der Waals surface area contributed by atoms with Gasteiger partial charge in [0.15, 0.2) is 0 Å². The summed E-state index contributed by atoms with van der Waals surface area (Å²) in [5.41, 5.74) is 0.682. The molecule has 1 heterocycles. The van der Waals surface area contributed by atoms with Crippen molar-refractivity contribution in [2.45, 2.75) is 13.5 Å². The first-order valence-electron chi connectivity index (χ1n) is 5.10. The first-order chi connectivity index (χ1) is 8.15. The number of nitrogens with one attached hydrogen (secondary N) is 1. The maximum absolute atomic E-state index is 12.9. The Morgan fingerprint density at radius 1 is 1.53 bits per heavy atom. The van der Waals surface area contributed by atoms with Gasteiger partial charge in [0.1, 0.15) is 11.6 Å². The topological polar surface area (TPSA) is 55.1 Å². The van der Waals surface area contributed by atoms with Gasteiger partial charge in [0.2, 0.25) is 0 Å². The number of amides is 1. The van der Waals surface area contributed by atoms with Crippen molar-refractivity contribution in [1.29, 1.82) is 0 Å². The summed E-state index contributed by atoms with van der Waals surface area (Å²) >= 11 is 0. The standard InChI is InChI=1S/C12H11FN2O2/c1-8-6-15-12(17-8)11(16)14-7-9-3-2-4-10(13)5-9/h2-6H,7H2,1H3,(H,14,16). The normalized spacial score (nSPS) is 10.2. The molecule has 0 bridgehead atoms. The van der Waals surface area contributed by atoms with Gasteiger partial charge in [-0.05, 0) is 24.6 Å². The molecule has 17 heavy (non-hydrogen) atoms. The average Bonchev–Trinajstić information content (AvgIpc) is 2.73. The lowest BCUT2D eigenvalue weighted by molar-refractivity contribution is 0.0915. The Balaban J connectivity index is 1.97. The van der Waals surface area contributed by atoms with E-state index in [1.807, 2.05) is 0 Å². The van der Waals surface area contributed by atoms with E-state index in [1.54, 1.807) is 19.1 Å². The van der Waals surface area contributed by atoms with Gasteiger partial charge in [-0.3, -0.25) is 4.79 Å². The summed E-state index contributed by atoms with van der Waals surface area (Å²) < 4.78 is 17.9. The molecule has 0 aliphatic carbocycles. The van der Waals surface area contributed by atoms with Crippen LogP contribution in [0.5, 0.6) is 0 Å².